The van der Waals surface area contributed by atoms with E-state index in [1.807, 2.05) is 0 Å². The van der Waals surface area contributed by atoms with Crippen LogP contribution in [0.4, 0.5) is 27.6 Å². The zero-order valence-electron chi connectivity index (χ0n) is 13.5. The molecule has 1 aromatic heterocycles. The number of aliphatic hydroxyl groups is 1. The van der Waals surface area contributed by atoms with Gasteiger partial charge in [-0.15, -0.1) is 0 Å². The third-order valence-corrected chi connectivity index (χ3v) is 5.02. The fourth-order valence-corrected chi connectivity index (χ4v) is 3.72. The van der Waals surface area contributed by atoms with Crippen molar-refractivity contribution in [1.82, 2.24) is 4.98 Å². The molecule has 2 unspecified atom stereocenters. The first-order valence-electron chi connectivity index (χ1n) is 7.94. The van der Waals surface area contributed by atoms with E-state index in [2.05, 4.69) is 9.83 Å². The van der Waals surface area contributed by atoms with Crippen LogP contribution in [-0.2, 0) is 17.9 Å². The van der Waals surface area contributed by atoms with Gasteiger partial charge < -0.3 is 9.84 Å². The number of aromatic nitrogens is 1. The quantitative estimate of drug-likeness (QED) is 0.608. The number of hydrogen-bond donors (Lipinski definition) is 1. The third kappa shape index (κ3) is 2.07. The lowest BCUT2D eigenvalue weighted by atomic mass is 9.77. The maximum absolute atomic E-state index is 14.4. The first-order valence-corrected chi connectivity index (χ1v) is 7.94. The molecule has 2 aliphatic rings. The number of nitrogens with zero attached hydrogens (tertiary/aromatic N) is 2. The van der Waals surface area contributed by atoms with Gasteiger partial charge in [0.2, 0.25) is 5.69 Å². The fraction of sp³-hybridized carbons (Fsp3) is 0.333. The van der Waals surface area contributed by atoms with Gasteiger partial charge in [-0.25, -0.2) is 9.24 Å². The molecule has 4 rings (SSSR count). The number of alkyl halides is 5. The zero-order chi connectivity index (χ0) is 19.6. The van der Waals surface area contributed by atoms with Gasteiger partial charge in [0.05, 0.1) is 12.8 Å². The lowest BCUT2D eigenvalue weighted by molar-refractivity contribution is -0.302. The van der Waals surface area contributed by atoms with Crippen molar-refractivity contribution in [3.63, 3.8) is 0 Å². The molecule has 0 saturated carbocycles. The number of hydrogen-bond acceptors (Lipinski definition) is 3. The van der Waals surface area contributed by atoms with Gasteiger partial charge in [-0.2, -0.15) is 17.6 Å². The maximum Gasteiger partial charge on any atom is 0.349 e. The average Bonchev–Trinajstić information content (AvgIpc) is 2.76. The van der Waals surface area contributed by atoms with E-state index in [-0.39, 0.29) is 29.2 Å². The summed E-state index contributed by atoms with van der Waals surface area (Å²) < 4.78 is 77.1. The van der Waals surface area contributed by atoms with E-state index in [1.165, 1.54) is 18.5 Å². The van der Waals surface area contributed by atoms with E-state index in [9.17, 15) is 27.1 Å². The molecule has 1 N–H and O–H groups in total. The highest BCUT2D eigenvalue weighted by Gasteiger charge is 2.79. The van der Waals surface area contributed by atoms with Crippen LogP contribution in [0.3, 0.4) is 0 Å². The summed E-state index contributed by atoms with van der Waals surface area (Å²) in [5, 5.41) is 10.4. The van der Waals surface area contributed by atoms with Gasteiger partial charge >= 0.3 is 11.8 Å². The molecule has 2 atom stereocenters. The van der Waals surface area contributed by atoms with Crippen LogP contribution in [0.5, 0.6) is 11.5 Å². The van der Waals surface area contributed by atoms with Crippen LogP contribution in [0.2, 0.25) is 0 Å². The molecule has 0 aliphatic heterocycles. The Morgan fingerprint density at radius 3 is 2.67 bits per heavy atom. The van der Waals surface area contributed by atoms with Crippen molar-refractivity contribution in [3.8, 4) is 11.5 Å². The van der Waals surface area contributed by atoms with Gasteiger partial charge in [0, 0.05) is 22.9 Å². The second kappa shape index (κ2) is 5.39. The standard InChI is InChI=1S/C18H11F5N2O2/c1-24-9-6-10(8-25-7-9)27-13-4-3-12-15-11(13)2-5-14(19)16(15,26)18(22,23)17(12,20)21/h3-4,6-8,14,26H,2,5H2. The monoisotopic (exact) mass is 382 g/mol. The van der Waals surface area contributed by atoms with Gasteiger partial charge in [-0.1, -0.05) is 0 Å². The Morgan fingerprint density at radius 2 is 1.96 bits per heavy atom. The van der Waals surface area contributed by atoms with Crippen molar-refractivity contribution in [2.45, 2.75) is 36.5 Å². The summed E-state index contributed by atoms with van der Waals surface area (Å²) in [6.07, 6.45) is -0.737. The highest BCUT2D eigenvalue weighted by molar-refractivity contribution is 5.58. The van der Waals surface area contributed by atoms with Crippen LogP contribution in [0.25, 0.3) is 4.85 Å². The molecule has 1 aromatic carbocycles. The van der Waals surface area contributed by atoms with Gasteiger partial charge in [0.1, 0.15) is 17.7 Å². The average molecular weight is 382 g/mol. The van der Waals surface area contributed by atoms with Crippen molar-refractivity contribution in [2.75, 3.05) is 0 Å². The van der Waals surface area contributed by atoms with Crippen LogP contribution in [0.15, 0.2) is 30.6 Å². The molecule has 2 aromatic rings. The van der Waals surface area contributed by atoms with Crippen LogP contribution in [0.1, 0.15) is 23.1 Å². The molecule has 1 heterocycles. The Hall–Kier alpha value is -2.73. The molecule has 9 heteroatoms. The molecule has 4 nitrogen and oxygen atoms in total. The third-order valence-electron chi connectivity index (χ3n) is 5.02. The lowest BCUT2D eigenvalue weighted by Gasteiger charge is -2.38. The summed E-state index contributed by atoms with van der Waals surface area (Å²) >= 11 is 0. The number of ether oxygens (including phenoxy) is 1. The topological polar surface area (TPSA) is 46.7 Å². The minimum absolute atomic E-state index is 0.0727. The van der Waals surface area contributed by atoms with E-state index in [4.69, 9.17) is 11.3 Å². The van der Waals surface area contributed by atoms with Crippen molar-refractivity contribution in [1.29, 1.82) is 0 Å². The maximum atomic E-state index is 14.4. The predicted octanol–water partition coefficient (Wildman–Crippen LogP) is 4.64. The summed E-state index contributed by atoms with van der Waals surface area (Å²) in [6, 6.07) is 3.12. The van der Waals surface area contributed by atoms with E-state index in [0.29, 0.717) is 6.07 Å². The molecule has 2 aliphatic carbocycles. The van der Waals surface area contributed by atoms with E-state index in [1.54, 1.807) is 0 Å². The summed E-state index contributed by atoms with van der Waals surface area (Å²) in [4.78, 5) is 6.97. The SMILES string of the molecule is [C-]#[N+]c1cncc(Oc2ccc3c4c2CCC(F)C4(O)C(F)(F)C3(F)F)c1. The largest absolute Gasteiger partial charge is 0.457 e. The molecular weight excluding hydrogens is 371 g/mol. The van der Waals surface area contributed by atoms with Crippen molar-refractivity contribution < 1.29 is 31.8 Å². The van der Waals surface area contributed by atoms with Crippen LogP contribution < -0.4 is 4.74 Å². The van der Waals surface area contributed by atoms with E-state index >= 15 is 0 Å². The van der Waals surface area contributed by atoms with Crippen molar-refractivity contribution in [3.05, 3.63) is 58.7 Å². The lowest BCUT2D eigenvalue weighted by Crippen LogP contribution is -2.55. The molecule has 0 radical (unpaired) electrons. The smallest absolute Gasteiger partial charge is 0.349 e. The Bertz CT molecular complexity index is 988. The highest BCUT2D eigenvalue weighted by Crippen LogP contribution is 2.65. The van der Waals surface area contributed by atoms with Gasteiger partial charge in [-0.3, -0.25) is 4.98 Å². The zero-order valence-corrected chi connectivity index (χ0v) is 13.5. The summed E-state index contributed by atoms with van der Waals surface area (Å²) in [6.45, 7) is 6.96. The van der Waals surface area contributed by atoms with Gasteiger partial charge in [0.25, 0.3) is 0 Å². The summed E-state index contributed by atoms with van der Waals surface area (Å²) in [5.74, 6) is -9.70. The summed E-state index contributed by atoms with van der Waals surface area (Å²) in [7, 11) is 0. The Morgan fingerprint density at radius 1 is 1.22 bits per heavy atom. The minimum atomic E-state index is -5.00. The van der Waals surface area contributed by atoms with E-state index < -0.39 is 41.2 Å². The fourth-order valence-electron chi connectivity index (χ4n) is 3.72. The molecule has 0 fully saturated rings. The van der Waals surface area contributed by atoms with Crippen molar-refractivity contribution >= 4 is 5.69 Å². The second-order valence-corrected chi connectivity index (χ2v) is 6.48. The molecule has 140 valence electrons. The van der Waals surface area contributed by atoms with Crippen LogP contribution in [0, 0.1) is 6.57 Å². The molecule has 0 saturated heterocycles. The Balaban J connectivity index is 1.89. The second-order valence-electron chi connectivity index (χ2n) is 6.48. The number of halogens is 5. The Kier molecular flexibility index (Phi) is 3.53. The molecule has 0 amide bonds. The van der Waals surface area contributed by atoms with Crippen LogP contribution >= 0.6 is 0 Å². The predicted molar refractivity (Wildman–Crippen MR) is 83.0 cm³/mol. The van der Waals surface area contributed by atoms with Gasteiger partial charge in [-0.05, 0) is 31.0 Å². The first kappa shape index (κ1) is 17.7. The van der Waals surface area contributed by atoms with Gasteiger partial charge in [0.15, 0.2) is 5.60 Å². The molecule has 0 spiro atoms. The number of benzene rings is 1. The van der Waals surface area contributed by atoms with E-state index in [0.717, 1.165) is 6.07 Å². The number of rotatable bonds is 2. The first-order chi connectivity index (χ1) is 12.6. The molecule has 27 heavy (non-hydrogen) atoms. The minimum Gasteiger partial charge on any atom is -0.457 e. The number of pyridine rings is 1. The normalized spacial score (nSPS) is 26.9. The Labute approximate surface area is 150 Å². The van der Waals surface area contributed by atoms with Crippen molar-refractivity contribution in [2.24, 2.45) is 0 Å². The highest BCUT2D eigenvalue weighted by atomic mass is 19.3. The molecule has 0 bridgehead atoms. The summed E-state index contributed by atoms with van der Waals surface area (Å²) in [5.41, 5.74) is -5.50. The molecular formula is C18H11F5N2O2. The van der Waals surface area contributed by atoms with Crippen LogP contribution in [-0.4, -0.2) is 22.2 Å².